The van der Waals surface area contributed by atoms with Gasteiger partial charge < -0.3 is 10.1 Å². The lowest BCUT2D eigenvalue weighted by Crippen LogP contribution is -2.56. The van der Waals surface area contributed by atoms with Crippen LogP contribution in [-0.2, 0) is 23.1 Å². The Morgan fingerprint density at radius 2 is 1.89 bits per heavy atom. The molecule has 2 aromatic rings. The first-order chi connectivity index (χ1) is 13.0. The monoisotopic (exact) mass is 374 g/mol. The highest BCUT2D eigenvalue weighted by Crippen LogP contribution is 2.20. The van der Waals surface area contributed by atoms with Gasteiger partial charge in [-0.2, -0.15) is 0 Å². The van der Waals surface area contributed by atoms with Gasteiger partial charge in [-0.3, -0.25) is 18.8 Å². The van der Waals surface area contributed by atoms with Crippen molar-refractivity contribution in [1.82, 2.24) is 19.4 Å². The van der Waals surface area contributed by atoms with Crippen molar-refractivity contribution in [3.63, 3.8) is 0 Å². The number of benzene rings is 1. The predicted molar refractivity (Wildman–Crippen MR) is 106 cm³/mol. The molecule has 0 saturated carbocycles. The Balaban J connectivity index is 1.60. The molecule has 0 radical (unpaired) electrons. The fourth-order valence-corrected chi connectivity index (χ4v) is 3.73. The topological polar surface area (TPSA) is 68.5 Å². The SMILES string of the molecule is CCC(C)(CNC(=O)CCn1c(=O)n(C)c2ccccc21)N1CCOCC1. The van der Waals surface area contributed by atoms with Crippen LogP contribution in [0.1, 0.15) is 26.7 Å². The Bertz CT molecular complexity index is 851. The first-order valence-electron chi connectivity index (χ1n) is 9.70. The van der Waals surface area contributed by atoms with Crippen LogP contribution in [0.2, 0.25) is 0 Å². The zero-order valence-corrected chi connectivity index (χ0v) is 16.5. The van der Waals surface area contributed by atoms with Crippen LogP contribution in [-0.4, -0.2) is 58.3 Å². The van der Waals surface area contributed by atoms with Crippen LogP contribution in [0.4, 0.5) is 0 Å². The van der Waals surface area contributed by atoms with Gasteiger partial charge in [-0.15, -0.1) is 0 Å². The number of fused-ring (bicyclic) bond motifs is 1. The van der Waals surface area contributed by atoms with Gasteiger partial charge >= 0.3 is 5.69 Å². The number of carbonyl (C=O) groups excluding carboxylic acids is 1. The molecule has 7 heteroatoms. The van der Waals surface area contributed by atoms with Crippen molar-refractivity contribution in [2.45, 2.75) is 38.8 Å². The largest absolute Gasteiger partial charge is 0.379 e. The summed E-state index contributed by atoms with van der Waals surface area (Å²) in [4.78, 5) is 27.3. The smallest absolute Gasteiger partial charge is 0.328 e. The third kappa shape index (κ3) is 4.09. The van der Waals surface area contributed by atoms with Gasteiger partial charge in [-0.25, -0.2) is 4.79 Å². The molecule has 1 unspecified atom stereocenters. The molecule has 1 aliphatic heterocycles. The van der Waals surface area contributed by atoms with Crippen LogP contribution < -0.4 is 11.0 Å². The van der Waals surface area contributed by atoms with E-state index in [1.165, 1.54) is 0 Å². The van der Waals surface area contributed by atoms with E-state index in [9.17, 15) is 9.59 Å². The third-order valence-electron chi connectivity index (χ3n) is 5.82. The van der Waals surface area contributed by atoms with Crippen LogP contribution in [0.15, 0.2) is 29.1 Å². The number of hydrogen-bond acceptors (Lipinski definition) is 4. The van der Waals surface area contributed by atoms with Crippen molar-refractivity contribution < 1.29 is 9.53 Å². The lowest BCUT2D eigenvalue weighted by Gasteiger charge is -2.43. The van der Waals surface area contributed by atoms with Crippen molar-refractivity contribution >= 4 is 16.9 Å². The number of aryl methyl sites for hydroxylation is 2. The molecular weight excluding hydrogens is 344 g/mol. The average molecular weight is 374 g/mol. The Morgan fingerprint density at radius 3 is 2.56 bits per heavy atom. The number of imidazole rings is 1. The van der Waals surface area contributed by atoms with E-state index in [1.807, 2.05) is 24.3 Å². The lowest BCUT2D eigenvalue weighted by molar-refractivity contribution is -0.122. The molecule has 2 heterocycles. The summed E-state index contributed by atoms with van der Waals surface area (Å²) in [5.41, 5.74) is 1.59. The second-order valence-electron chi connectivity index (χ2n) is 7.46. The molecule has 0 aliphatic carbocycles. The van der Waals surface area contributed by atoms with Crippen LogP contribution in [0.5, 0.6) is 0 Å². The molecule has 3 rings (SSSR count). The van der Waals surface area contributed by atoms with Crippen LogP contribution in [0, 0.1) is 0 Å². The number of carbonyl (C=O) groups is 1. The minimum atomic E-state index is -0.0873. The van der Waals surface area contributed by atoms with E-state index in [2.05, 4.69) is 24.1 Å². The average Bonchev–Trinajstić information content (AvgIpc) is 2.95. The van der Waals surface area contributed by atoms with E-state index in [-0.39, 0.29) is 23.6 Å². The first kappa shape index (κ1) is 19.6. The van der Waals surface area contributed by atoms with E-state index in [0.29, 0.717) is 13.1 Å². The minimum absolute atomic E-state index is 0.0252. The third-order valence-corrected chi connectivity index (χ3v) is 5.82. The van der Waals surface area contributed by atoms with Gasteiger partial charge in [-0.1, -0.05) is 19.1 Å². The van der Waals surface area contributed by atoms with E-state index < -0.39 is 0 Å². The summed E-state index contributed by atoms with van der Waals surface area (Å²) >= 11 is 0. The van der Waals surface area contributed by atoms with Gasteiger partial charge in [0.25, 0.3) is 0 Å². The van der Waals surface area contributed by atoms with E-state index >= 15 is 0 Å². The number of hydrogen-bond donors (Lipinski definition) is 1. The van der Waals surface area contributed by atoms with Crippen molar-refractivity contribution in [3.05, 3.63) is 34.7 Å². The lowest BCUT2D eigenvalue weighted by atomic mass is 9.95. The fraction of sp³-hybridized carbons (Fsp3) is 0.600. The molecule has 7 nitrogen and oxygen atoms in total. The second kappa shape index (κ2) is 8.27. The Kier molecular flexibility index (Phi) is 6.01. The summed E-state index contributed by atoms with van der Waals surface area (Å²) in [6.45, 7) is 8.60. The molecule has 27 heavy (non-hydrogen) atoms. The first-order valence-corrected chi connectivity index (χ1v) is 9.70. The number of nitrogens with one attached hydrogen (secondary N) is 1. The normalized spacial score (nSPS) is 17.7. The minimum Gasteiger partial charge on any atom is -0.379 e. The zero-order chi connectivity index (χ0) is 19.4. The van der Waals surface area contributed by atoms with Crippen LogP contribution >= 0.6 is 0 Å². The van der Waals surface area contributed by atoms with Gasteiger partial charge in [0, 0.05) is 45.2 Å². The van der Waals surface area contributed by atoms with Gasteiger partial charge in [-0.05, 0) is 25.5 Å². The molecule has 1 aromatic carbocycles. The van der Waals surface area contributed by atoms with Crippen molar-refractivity contribution in [2.24, 2.45) is 7.05 Å². The zero-order valence-electron chi connectivity index (χ0n) is 16.5. The van der Waals surface area contributed by atoms with E-state index in [4.69, 9.17) is 4.74 Å². The number of ether oxygens (including phenoxy) is 1. The molecule has 1 N–H and O–H groups in total. The van der Waals surface area contributed by atoms with Gasteiger partial charge in [0.15, 0.2) is 0 Å². The highest BCUT2D eigenvalue weighted by atomic mass is 16.5. The van der Waals surface area contributed by atoms with Crippen LogP contribution in [0.3, 0.4) is 0 Å². The molecule has 148 valence electrons. The summed E-state index contributed by atoms with van der Waals surface area (Å²) in [7, 11) is 1.76. The molecule has 1 aromatic heterocycles. The standard InChI is InChI=1S/C20H30N4O3/c1-4-20(2,23-11-13-27-14-12-23)15-21-18(25)9-10-24-17-8-6-5-7-16(17)22(3)19(24)26/h5-8H,4,9-15H2,1-3H3,(H,21,25). The Morgan fingerprint density at radius 1 is 1.22 bits per heavy atom. The summed E-state index contributed by atoms with van der Waals surface area (Å²) in [5, 5.41) is 3.07. The summed E-state index contributed by atoms with van der Waals surface area (Å²) in [5.74, 6) is -0.0252. The number of para-hydroxylation sites is 2. The fourth-order valence-electron chi connectivity index (χ4n) is 3.73. The molecule has 1 atom stereocenters. The second-order valence-corrected chi connectivity index (χ2v) is 7.46. The highest BCUT2D eigenvalue weighted by molar-refractivity contribution is 5.78. The number of morpholine rings is 1. The van der Waals surface area contributed by atoms with Crippen molar-refractivity contribution in [2.75, 3.05) is 32.8 Å². The summed E-state index contributed by atoms with van der Waals surface area (Å²) in [6.07, 6.45) is 1.24. The molecule has 1 amide bonds. The molecular formula is C20H30N4O3. The maximum atomic E-state index is 12.4. The summed E-state index contributed by atoms with van der Waals surface area (Å²) in [6, 6.07) is 7.66. The van der Waals surface area contributed by atoms with Crippen molar-refractivity contribution in [1.29, 1.82) is 0 Å². The highest BCUT2D eigenvalue weighted by Gasteiger charge is 2.31. The van der Waals surface area contributed by atoms with Gasteiger partial charge in [0.1, 0.15) is 0 Å². The van der Waals surface area contributed by atoms with Crippen molar-refractivity contribution in [3.8, 4) is 0 Å². The molecule has 1 aliphatic rings. The number of aromatic nitrogens is 2. The predicted octanol–water partition coefficient (Wildman–Crippen LogP) is 1.35. The van der Waals surface area contributed by atoms with Gasteiger partial charge in [0.05, 0.1) is 24.2 Å². The molecule has 1 fully saturated rings. The maximum Gasteiger partial charge on any atom is 0.328 e. The Hall–Kier alpha value is -2.12. The van der Waals surface area contributed by atoms with Crippen LogP contribution in [0.25, 0.3) is 11.0 Å². The van der Waals surface area contributed by atoms with E-state index in [1.54, 1.807) is 16.2 Å². The molecule has 0 bridgehead atoms. The molecule has 0 spiro atoms. The number of nitrogens with zero attached hydrogens (tertiary/aromatic N) is 3. The molecule has 1 saturated heterocycles. The number of amides is 1. The maximum absolute atomic E-state index is 12.4. The summed E-state index contributed by atoms with van der Waals surface area (Å²) < 4.78 is 8.74. The van der Waals surface area contributed by atoms with E-state index in [0.717, 1.165) is 43.8 Å². The quantitative estimate of drug-likeness (QED) is 0.794. The number of rotatable bonds is 7. The Labute approximate surface area is 159 Å². The van der Waals surface area contributed by atoms with Gasteiger partial charge in [0.2, 0.25) is 5.91 Å².